The van der Waals surface area contributed by atoms with Crippen molar-refractivity contribution in [3.05, 3.63) is 53.7 Å². The second kappa shape index (κ2) is 7.89. The van der Waals surface area contributed by atoms with Gasteiger partial charge in [-0.3, -0.25) is 4.79 Å². The van der Waals surface area contributed by atoms with Crippen LogP contribution < -0.4 is 14.8 Å². The molecule has 0 bridgehead atoms. The van der Waals surface area contributed by atoms with Crippen molar-refractivity contribution in [1.29, 1.82) is 0 Å². The number of ether oxygens (including phenoxy) is 1. The molecule has 0 radical (unpaired) electrons. The van der Waals surface area contributed by atoms with Gasteiger partial charge in [0.1, 0.15) is 5.56 Å². The van der Waals surface area contributed by atoms with Crippen LogP contribution in [0.1, 0.15) is 22.8 Å². The minimum Gasteiger partial charge on any atom is -0.477 e. The number of carbonyl (C=O) groups is 1. The van der Waals surface area contributed by atoms with Gasteiger partial charge in [-0.25, -0.2) is 18.1 Å². The standard InChI is InChI=1S/C16H19N3O4S/c1-3-23-16-14(8-5-9-18-16)15(20)19-11-12-6-4-7-13(10-12)24(21,22)17-2/h4-10,17H,3,11H2,1-2H3,(H,19,20). The summed E-state index contributed by atoms with van der Waals surface area (Å²) in [7, 11) is -2.17. The average molecular weight is 349 g/mol. The van der Waals surface area contributed by atoms with Crippen molar-refractivity contribution in [1.82, 2.24) is 15.0 Å². The van der Waals surface area contributed by atoms with E-state index in [9.17, 15) is 13.2 Å². The molecule has 2 N–H and O–H groups in total. The van der Waals surface area contributed by atoms with Crippen LogP contribution in [0.2, 0.25) is 0 Å². The van der Waals surface area contributed by atoms with Crippen LogP contribution in [0.25, 0.3) is 0 Å². The summed E-state index contributed by atoms with van der Waals surface area (Å²) in [6.45, 7) is 2.40. The van der Waals surface area contributed by atoms with Crippen molar-refractivity contribution in [2.24, 2.45) is 0 Å². The predicted molar refractivity (Wildman–Crippen MR) is 89.3 cm³/mol. The Morgan fingerprint density at radius 2 is 2.04 bits per heavy atom. The van der Waals surface area contributed by atoms with Gasteiger partial charge >= 0.3 is 0 Å². The lowest BCUT2D eigenvalue weighted by Gasteiger charge is -2.10. The Morgan fingerprint density at radius 3 is 2.75 bits per heavy atom. The number of rotatable bonds is 7. The molecule has 0 aliphatic heterocycles. The monoisotopic (exact) mass is 349 g/mol. The van der Waals surface area contributed by atoms with Gasteiger partial charge in [-0.1, -0.05) is 12.1 Å². The fourth-order valence-electron chi connectivity index (χ4n) is 2.03. The molecule has 0 spiro atoms. The summed E-state index contributed by atoms with van der Waals surface area (Å²) < 4.78 is 31.2. The number of sulfonamides is 1. The Balaban J connectivity index is 2.12. The summed E-state index contributed by atoms with van der Waals surface area (Å²) in [5.74, 6) is -0.0718. The molecule has 0 atom stereocenters. The first kappa shape index (κ1) is 17.9. The van der Waals surface area contributed by atoms with Crippen molar-refractivity contribution in [3.8, 4) is 5.88 Å². The predicted octanol–water partition coefficient (Wildman–Crippen LogP) is 1.32. The van der Waals surface area contributed by atoms with E-state index in [0.29, 0.717) is 17.7 Å². The zero-order valence-electron chi connectivity index (χ0n) is 13.4. The molecule has 0 saturated carbocycles. The summed E-state index contributed by atoms with van der Waals surface area (Å²) in [4.78, 5) is 16.5. The maximum absolute atomic E-state index is 12.3. The van der Waals surface area contributed by atoms with Gasteiger partial charge in [0.05, 0.1) is 11.5 Å². The van der Waals surface area contributed by atoms with E-state index in [1.54, 1.807) is 30.5 Å². The van der Waals surface area contributed by atoms with E-state index in [0.717, 1.165) is 0 Å². The summed E-state index contributed by atoms with van der Waals surface area (Å²) in [5.41, 5.74) is 1.000. The lowest BCUT2D eigenvalue weighted by atomic mass is 10.2. The zero-order valence-corrected chi connectivity index (χ0v) is 14.3. The molecule has 1 aromatic heterocycles. The molecule has 0 fully saturated rings. The van der Waals surface area contributed by atoms with Crippen LogP contribution in [0.15, 0.2) is 47.5 Å². The third kappa shape index (κ3) is 4.30. The minimum absolute atomic E-state index is 0.146. The Labute approximate surface area is 141 Å². The molecule has 0 aliphatic rings. The molecule has 0 saturated heterocycles. The lowest BCUT2D eigenvalue weighted by molar-refractivity contribution is 0.0946. The maximum atomic E-state index is 12.3. The van der Waals surface area contributed by atoms with Crippen molar-refractivity contribution in [2.45, 2.75) is 18.4 Å². The molecule has 1 heterocycles. The van der Waals surface area contributed by atoms with Crippen LogP contribution in [0.4, 0.5) is 0 Å². The molecule has 128 valence electrons. The van der Waals surface area contributed by atoms with Crippen LogP contribution in [0.3, 0.4) is 0 Å². The molecule has 1 aromatic carbocycles. The van der Waals surface area contributed by atoms with Crippen LogP contribution in [0.5, 0.6) is 5.88 Å². The number of aromatic nitrogens is 1. The lowest BCUT2D eigenvalue weighted by Crippen LogP contribution is -2.24. The molecule has 1 amide bonds. The SMILES string of the molecule is CCOc1ncccc1C(=O)NCc1cccc(S(=O)(=O)NC)c1. The third-order valence-corrected chi connectivity index (χ3v) is 4.64. The largest absolute Gasteiger partial charge is 0.477 e. The molecule has 7 nitrogen and oxygen atoms in total. The normalized spacial score (nSPS) is 11.1. The Morgan fingerprint density at radius 1 is 1.25 bits per heavy atom. The second-order valence-corrected chi connectivity index (χ2v) is 6.71. The van der Waals surface area contributed by atoms with Crippen LogP contribution in [-0.4, -0.2) is 33.0 Å². The topological polar surface area (TPSA) is 97.4 Å². The maximum Gasteiger partial charge on any atom is 0.257 e. The number of benzene rings is 1. The van der Waals surface area contributed by atoms with Gasteiger partial charge in [-0.2, -0.15) is 0 Å². The number of hydrogen-bond donors (Lipinski definition) is 2. The van der Waals surface area contributed by atoms with E-state index in [4.69, 9.17) is 4.74 Å². The van der Waals surface area contributed by atoms with E-state index in [1.807, 2.05) is 6.92 Å². The van der Waals surface area contributed by atoms with Crippen LogP contribution in [0, 0.1) is 0 Å². The molecule has 2 aromatic rings. The number of hydrogen-bond acceptors (Lipinski definition) is 5. The molecular formula is C16H19N3O4S. The molecule has 8 heteroatoms. The average Bonchev–Trinajstić information content (AvgIpc) is 2.60. The van der Waals surface area contributed by atoms with Gasteiger partial charge < -0.3 is 10.1 Å². The second-order valence-electron chi connectivity index (χ2n) is 4.83. The van der Waals surface area contributed by atoms with Gasteiger partial charge in [0.15, 0.2) is 0 Å². The summed E-state index contributed by atoms with van der Waals surface area (Å²) >= 11 is 0. The molecule has 0 unspecified atom stereocenters. The Hall–Kier alpha value is -2.45. The van der Waals surface area contributed by atoms with Gasteiger partial charge in [0, 0.05) is 12.7 Å². The number of amides is 1. The van der Waals surface area contributed by atoms with E-state index in [2.05, 4.69) is 15.0 Å². The Bertz CT molecular complexity index is 822. The van der Waals surface area contributed by atoms with Gasteiger partial charge in [0.2, 0.25) is 15.9 Å². The molecule has 0 aliphatic carbocycles. The van der Waals surface area contributed by atoms with Crippen LogP contribution in [-0.2, 0) is 16.6 Å². The fourth-order valence-corrected chi connectivity index (χ4v) is 2.83. The summed E-state index contributed by atoms with van der Waals surface area (Å²) in [6, 6.07) is 9.64. The van der Waals surface area contributed by atoms with Crippen LogP contribution >= 0.6 is 0 Å². The Kier molecular flexibility index (Phi) is 5.88. The third-order valence-electron chi connectivity index (χ3n) is 3.23. The van der Waals surface area contributed by atoms with Crippen molar-refractivity contribution in [2.75, 3.05) is 13.7 Å². The van der Waals surface area contributed by atoms with Crippen molar-refractivity contribution < 1.29 is 17.9 Å². The van der Waals surface area contributed by atoms with E-state index < -0.39 is 10.0 Å². The zero-order chi connectivity index (χ0) is 17.6. The van der Waals surface area contributed by atoms with Crippen molar-refractivity contribution in [3.63, 3.8) is 0 Å². The number of nitrogens with zero attached hydrogens (tertiary/aromatic N) is 1. The quantitative estimate of drug-likeness (QED) is 0.786. The van der Waals surface area contributed by atoms with E-state index in [-0.39, 0.29) is 23.2 Å². The number of carbonyl (C=O) groups excluding carboxylic acids is 1. The van der Waals surface area contributed by atoms with E-state index >= 15 is 0 Å². The van der Waals surface area contributed by atoms with Gasteiger partial charge in [-0.05, 0) is 43.8 Å². The highest BCUT2D eigenvalue weighted by atomic mass is 32.2. The highest BCUT2D eigenvalue weighted by molar-refractivity contribution is 7.89. The smallest absolute Gasteiger partial charge is 0.257 e. The summed E-state index contributed by atoms with van der Waals surface area (Å²) in [5, 5.41) is 2.74. The summed E-state index contributed by atoms with van der Waals surface area (Å²) in [6.07, 6.45) is 1.55. The molecular weight excluding hydrogens is 330 g/mol. The first-order valence-corrected chi connectivity index (χ1v) is 8.84. The highest BCUT2D eigenvalue weighted by Gasteiger charge is 2.14. The first-order chi connectivity index (χ1) is 11.5. The molecule has 2 rings (SSSR count). The fraction of sp³-hybridized carbons (Fsp3) is 0.250. The van der Waals surface area contributed by atoms with Gasteiger partial charge in [0.25, 0.3) is 5.91 Å². The van der Waals surface area contributed by atoms with Crippen molar-refractivity contribution >= 4 is 15.9 Å². The minimum atomic E-state index is -3.52. The first-order valence-electron chi connectivity index (χ1n) is 7.36. The van der Waals surface area contributed by atoms with E-state index in [1.165, 1.54) is 19.2 Å². The van der Waals surface area contributed by atoms with Gasteiger partial charge in [-0.15, -0.1) is 0 Å². The number of nitrogens with one attached hydrogen (secondary N) is 2. The number of pyridine rings is 1. The highest BCUT2D eigenvalue weighted by Crippen LogP contribution is 2.15. The molecule has 24 heavy (non-hydrogen) atoms.